The summed E-state index contributed by atoms with van der Waals surface area (Å²) < 4.78 is 5.38. The van der Waals surface area contributed by atoms with Gasteiger partial charge in [0.1, 0.15) is 17.7 Å². The van der Waals surface area contributed by atoms with E-state index in [1.165, 1.54) is 4.90 Å². The maximum atomic E-state index is 14.3. The van der Waals surface area contributed by atoms with E-state index in [1.807, 2.05) is 45.9 Å². The lowest BCUT2D eigenvalue weighted by atomic mass is 9.95. The number of para-hydroxylation sites is 1. The first-order valence-electron chi connectivity index (χ1n) is 13.7. The van der Waals surface area contributed by atoms with Gasteiger partial charge in [0, 0.05) is 23.7 Å². The van der Waals surface area contributed by atoms with Crippen molar-refractivity contribution in [1.82, 2.24) is 10.2 Å². The highest BCUT2D eigenvalue weighted by Crippen LogP contribution is 2.31. The number of nitrogens with zero attached hydrogens (tertiary/aromatic N) is 1. The molecule has 4 N–H and O–H groups in total. The fourth-order valence-corrected chi connectivity index (χ4v) is 4.46. The van der Waals surface area contributed by atoms with E-state index in [9.17, 15) is 19.2 Å². The van der Waals surface area contributed by atoms with Gasteiger partial charge in [-0.25, -0.2) is 4.79 Å². The predicted octanol–water partition coefficient (Wildman–Crippen LogP) is 4.75. The standard InChI is InChI=1S/C32H42N4O5/c1-9-22(5)36(30(39)25(18-19-26(33)37)34-31(40)41-32(6,7)8)28(24-17-12-11-16-23(24)10-2)29(38)35-27-20(3)14-13-15-21(27)4/h2,11-17,22,25,28H,9,18-19H2,1,3-8H3,(H2,33,37)(H,34,40)(H,35,38). The van der Waals surface area contributed by atoms with Gasteiger partial charge in [0.2, 0.25) is 11.8 Å². The molecule has 4 amide bonds. The molecule has 2 rings (SSSR count). The molecule has 0 saturated heterocycles. The molecule has 0 saturated carbocycles. The predicted molar refractivity (Wildman–Crippen MR) is 160 cm³/mol. The van der Waals surface area contributed by atoms with Crippen LogP contribution >= 0.6 is 0 Å². The van der Waals surface area contributed by atoms with Crippen molar-refractivity contribution < 1.29 is 23.9 Å². The van der Waals surface area contributed by atoms with Gasteiger partial charge < -0.3 is 26.0 Å². The summed E-state index contributed by atoms with van der Waals surface area (Å²) in [7, 11) is 0. The van der Waals surface area contributed by atoms with E-state index in [1.54, 1.807) is 45.0 Å². The largest absolute Gasteiger partial charge is 0.444 e. The minimum Gasteiger partial charge on any atom is -0.444 e. The van der Waals surface area contributed by atoms with Crippen LogP contribution in [0.15, 0.2) is 42.5 Å². The van der Waals surface area contributed by atoms with Crippen LogP contribution in [-0.4, -0.2) is 46.4 Å². The SMILES string of the molecule is C#Cc1ccccc1C(C(=O)Nc1c(C)cccc1C)N(C(=O)C(CCC(N)=O)NC(=O)OC(C)(C)C)C(C)CC. The lowest BCUT2D eigenvalue weighted by Crippen LogP contribution is -2.55. The number of anilines is 1. The normalized spacial score (nSPS) is 13.2. The number of hydrogen-bond donors (Lipinski definition) is 3. The van der Waals surface area contributed by atoms with E-state index in [4.69, 9.17) is 16.9 Å². The average Bonchev–Trinajstić information content (AvgIpc) is 2.89. The van der Waals surface area contributed by atoms with Crippen molar-refractivity contribution in [2.75, 3.05) is 5.32 Å². The van der Waals surface area contributed by atoms with Crippen LogP contribution in [0.4, 0.5) is 10.5 Å². The molecule has 0 fully saturated rings. The molecule has 220 valence electrons. The van der Waals surface area contributed by atoms with Crippen molar-refractivity contribution in [2.24, 2.45) is 5.73 Å². The van der Waals surface area contributed by atoms with Crippen molar-refractivity contribution in [3.05, 3.63) is 64.7 Å². The third kappa shape index (κ3) is 9.10. The van der Waals surface area contributed by atoms with Crippen LogP contribution in [0.2, 0.25) is 0 Å². The third-order valence-corrected chi connectivity index (χ3v) is 6.66. The molecule has 0 heterocycles. The number of primary amides is 1. The monoisotopic (exact) mass is 562 g/mol. The number of rotatable bonds is 11. The summed E-state index contributed by atoms with van der Waals surface area (Å²) >= 11 is 0. The molecule has 0 aliphatic rings. The van der Waals surface area contributed by atoms with Crippen molar-refractivity contribution in [3.8, 4) is 12.3 Å². The number of amides is 4. The van der Waals surface area contributed by atoms with Crippen LogP contribution in [0, 0.1) is 26.2 Å². The number of alkyl carbamates (subject to hydrolysis) is 1. The van der Waals surface area contributed by atoms with E-state index in [-0.39, 0.29) is 12.8 Å². The summed E-state index contributed by atoms with van der Waals surface area (Å²) in [6, 6.07) is 9.78. The Labute approximate surface area is 243 Å². The van der Waals surface area contributed by atoms with Crippen molar-refractivity contribution in [1.29, 1.82) is 0 Å². The molecule has 3 atom stereocenters. The summed E-state index contributed by atoms with van der Waals surface area (Å²) in [4.78, 5) is 54.4. The summed E-state index contributed by atoms with van der Waals surface area (Å²) in [5.41, 5.74) is 7.82. The summed E-state index contributed by atoms with van der Waals surface area (Å²) in [5, 5.41) is 5.61. The summed E-state index contributed by atoms with van der Waals surface area (Å²) in [6.07, 6.45) is 5.25. The molecule has 41 heavy (non-hydrogen) atoms. The molecule has 0 bridgehead atoms. The van der Waals surface area contributed by atoms with Crippen LogP contribution < -0.4 is 16.4 Å². The molecule has 0 aromatic heterocycles. The van der Waals surface area contributed by atoms with Crippen LogP contribution in [-0.2, 0) is 19.1 Å². The van der Waals surface area contributed by atoms with Gasteiger partial charge >= 0.3 is 6.09 Å². The Morgan fingerprint density at radius 2 is 1.66 bits per heavy atom. The summed E-state index contributed by atoms with van der Waals surface area (Å²) in [6.45, 7) is 12.6. The second-order valence-electron chi connectivity index (χ2n) is 11.1. The Hall–Kier alpha value is -4.32. The van der Waals surface area contributed by atoms with Crippen LogP contribution in [0.1, 0.15) is 82.2 Å². The Morgan fingerprint density at radius 1 is 1.05 bits per heavy atom. The number of ether oxygens (including phenoxy) is 1. The van der Waals surface area contributed by atoms with Crippen LogP contribution in [0.25, 0.3) is 0 Å². The molecule has 9 heteroatoms. The zero-order chi connectivity index (χ0) is 30.9. The molecule has 0 spiro atoms. The Bertz CT molecular complexity index is 1290. The molecule has 9 nitrogen and oxygen atoms in total. The Morgan fingerprint density at radius 3 is 2.20 bits per heavy atom. The maximum Gasteiger partial charge on any atom is 0.408 e. The van der Waals surface area contributed by atoms with Crippen molar-refractivity contribution in [3.63, 3.8) is 0 Å². The molecular formula is C32H42N4O5. The molecule has 2 aromatic carbocycles. The second-order valence-corrected chi connectivity index (χ2v) is 11.1. The smallest absolute Gasteiger partial charge is 0.408 e. The molecule has 3 unspecified atom stereocenters. The third-order valence-electron chi connectivity index (χ3n) is 6.66. The lowest BCUT2D eigenvalue weighted by molar-refractivity contribution is -0.143. The van der Waals surface area contributed by atoms with Gasteiger partial charge in [-0.3, -0.25) is 14.4 Å². The van der Waals surface area contributed by atoms with Gasteiger partial charge in [0.05, 0.1) is 0 Å². The first-order chi connectivity index (χ1) is 19.2. The highest BCUT2D eigenvalue weighted by atomic mass is 16.6. The fraction of sp³-hybridized carbons (Fsp3) is 0.438. The topological polar surface area (TPSA) is 131 Å². The minimum atomic E-state index is -1.19. The molecule has 0 aliphatic carbocycles. The molecular weight excluding hydrogens is 520 g/mol. The van der Waals surface area contributed by atoms with Gasteiger partial charge in [-0.1, -0.05) is 49.2 Å². The van der Waals surface area contributed by atoms with E-state index < -0.39 is 47.5 Å². The highest BCUT2D eigenvalue weighted by molar-refractivity contribution is 6.00. The number of benzene rings is 2. The average molecular weight is 563 g/mol. The lowest BCUT2D eigenvalue weighted by Gasteiger charge is -2.38. The molecule has 0 radical (unpaired) electrons. The van der Waals surface area contributed by atoms with Crippen LogP contribution in [0.5, 0.6) is 0 Å². The second kappa shape index (κ2) is 14.4. The number of nitrogens with two attached hydrogens (primary N) is 1. The maximum absolute atomic E-state index is 14.3. The minimum absolute atomic E-state index is 0.0810. The zero-order valence-corrected chi connectivity index (χ0v) is 25.0. The first-order valence-corrected chi connectivity index (χ1v) is 13.7. The number of terminal acetylenes is 1. The van der Waals surface area contributed by atoms with E-state index in [0.717, 1.165) is 11.1 Å². The quantitative estimate of drug-likeness (QED) is 0.340. The van der Waals surface area contributed by atoms with Gasteiger partial charge in [-0.05, 0) is 77.1 Å². The first kappa shape index (κ1) is 32.9. The van der Waals surface area contributed by atoms with Gasteiger partial charge in [-0.2, -0.15) is 0 Å². The number of hydrogen-bond acceptors (Lipinski definition) is 5. The van der Waals surface area contributed by atoms with Gasteiger partial charge in [0.25, 0.3) is 5.91 Å². The molecule has 2 aromatic rings. The van der Waals surface area contributed by atoms with Gasteiger partial charge in [0.15, 0.2) is 0 Å². The van der Waals surface area contributed by atoms with Gasteiger partial charge in [-0.15, -0.1) is 6.42 Å². The number of aryl methyl sites for hydroxylation is 2. The van der Waals surface area contributed by atoms with Crippen molar-refractivity contribution >= 4 is 29.5 Å². The fourth-order valence-electron chi connectivity index (χ4n) is 4.46. The Kier molecular flexibility index (Phi) is 11.5. The van der Waals surface area contributed by atoms with Crippen molar-refractivity contribution in [2.45, 2.75) is 91.5 Å². The number of carbonyl (C=O) groups is 4. The van der Waals surface area contributed by atoms with E-state index in [2.05, 4.69) is 16.6 Å². The number of nitrogens with one attached hydrogen (secondary N) is 2. The summed E-state index contributed by atoms with van der Waals surface area (Å²) in [5.74, 6) is 0.956. The zero-order valence-electron chi connectivity index (χ0n) is 25.0. The van der Waals surface area contributed by atoms with E-state index >= 15 is 0 Å². The highest BCUT2D eigenvalue weighted by Gasteiger charge is 2.39. The molecule has 0 aliphatic heterocycles. The number of carbonyl (C=O) groups excluding carboxylic acids is 4. The van der Waals surface area contributed by atoms with E-state index in [0.29, 0.717) is 23.2 Å². The Balaban J connectivity index is 2.68. The van der Waals surface area contributed by atoms with Crippen LogP contribution in [0.3, 0.4) is 0 Å².